The Labute approximate surface area is 83.6 Å². The van der Waals surface area contributed by atoms with Crippen molar-refractivity contribution in [3.63, 3.8) is 0 Å². The summed E-state index contributed by atoms with van der Waals surface area (Å²) in [5, 5.41) is 9.64. The number of aliphatic hydroxyl groups is 1. The first-order valence-corrected chi connectivity index (χ1v) is 4.54. The van der Waals surface area contributed by atoms with Crippen molar-refractivity contribution in [3.05, 3.63) is 40.1 Å². The Hall–Kier alpha value is -1.75. The minimum atomic E-state index is -0.953. The van der Waals surface area contributed by atoms with E-state index >= 15 is 0 Å². The molecule has 0 spiro atoms. The normalized spacial score (nSPS) is 18.7. The second-order valence-corrected chi connectivity index (χ2v) is 3.55. The van der Waals surface area contributed by atoms with E-state index in [2.05, 4.69) is 4.98 Å². The average molecular weight is 206 g/mol. The number of halogens is 1. The second kappa shape index (κ2) is 2.64. The maximum absolute atomic E-state index is 13.4. The monoisotopic (exact) mass is 206 g/mol. The van der Waals surface area contributed by atoms with Gasteiger partial charge in [-0.05, 0) is 6.07 Å². The van der Waals surface area contributed by atoms with Gasteiger partial charge < -0.3 is 9.67 Å². The van der Waals surface area contributed by atoms with Crippen LogP contribution in [-0.2, 0) is 6.54 Å². The van der Waals surface area contributed by atoms with Gasteiger partial charge in [0, 0.05) is 11.6 Å². The molecule has 1 N–H and O–H groups in total. The summed E-state index contributed by atoms with van der Waals surface area (Å²) in [6.45, 7) is 0.105. The molecule has 0 bridgehead atoms. The van der Waals surface area contributed by atoms with Gasteiger partial charge in [-0.3, -0.25) is 9.78 Å². The lowest BCUT2D eigenvalue weighted by molar-refractivity contribution is 0.164. The highest BCUT2D eigenvalue weighted by atomic mass is 19.1. The molecule has 2 aromatic heterocycles. The molecule has 0 aromatic carbocycles. The van der Waals surface area contributed by atoms with Crippen molar-refractivity contribution in [2.45, 2.75) is 12.6 Å². The van der Waals surface area contributed by atoms with Crippen LogP contribution < -0.4 is 5.56 Å². The van der Waals surface area contributed by atoms with Gasteiger partial charge in [0.25, 0.3) is 5.56 Å². The van der Waals surface area contributed by atoms with E-state index in [1.165, 1.54) is 16.7 Å². The Kier molecular flexibility index (Phi) is 1.50. The third-order valence-electron chi connectivity index (χ3n) is 2.68. The lowest BCUT2D eigenvalue weighted by Crippen LogP contribution is -2.17. The highest BCUT2D eigenvalue weighted by molar-refractivity contribution is 5.80. The number of hydrogen-bond acceptors (Lipinski definition) is 3. The molecule has 0 fully saturated rings. The zero-order chi connectivity index (χ0) is 10.6. The van der Waals surface area contributed by atoms with Gasteiger partial charge in [-0.25, -0.2) is 4.39 Å². The first kappa shape index (κ1) is 8.55. The fourth-order valence-electron chi connectivity index (χ4n) is 2.03. The Morgan fingerprint density at radius 2 is 2.33 bits per heavy atom. The van der Waals surface area contributed by atoms with Crippen molar-refractivity contribution in [2.24, 2.45) is 0 Å². The number of aliphatic hydroxyl groups excluding tert-OH is 1. The molecule has 2 aromatic rings. The maximum Gasteiger partial charge on any atom is 0.251 e. The van der Waals surface area contributed by atoms with Crippen molar-refractivity contribution in [1.29, 1.82) is 0 Å². The fraction of sp³-hybridized carbons (Fsp3) is 0.200. The van der Waals surface area contributed by atoms with Gasteiger partial charge in [-0.2, -0.15) is 0 Å². The molecule has 15 heavy (non-hydrogen) atoms. The SMILES string of the molecule is O=c1ccc2ncc(F)c3c2n1CC3O. The first-order chi connectivity index (χ1) is 7.18. The molecule has 3 heterocycles. The fourth-order valence-corrected chi connectivity index (χ4v) is 2.03. The van der Waals surface area contributed by atoms with E-state index in [0.29, 0.717) is 11.0 Å². The van der Waals surface area contributed by atoms with Crippen LogP contribution in [0.5, 0.6) is 0 Å². The first-order valence-electron chi connectivity index (χ1n) is 4.54. The zero-order valence-corrected chi connectivity index (χ0v) is 7.64. The molecule has 1 unspecified atom stereocenters. The Morgan fingerprint density at radius 3 is 3.13 bits per heavy atom. The van der Waals surface area contributed by atoms with Crippen molar-refractivity contribution < 1.29 is 9.50 Å². The summed E-state index contributed by atoms with van der Waals surface area (Å²) in [6, 6.07) is 2.91. The highest BCUT2D eigenvalue weighted by Crippen LogP contribution is 2.31. The van der Waals surface area contributed by atoms with Crippen LogP contribution in [0, 0.1) is 5.82 Å². The van der Waals surface area contributed by atoms with E-state index in [1.807, 2.05) is 0 Å². The van der Waals surface area contributed by atoms with Gasteiger partial charge in [0.05, 0.1) is 23.8 Å². The van der Waals surface area contributed by atoms with Crippen LogP contribution >= 0.6 is 0 Å². The molecule has 0 radical (unpaired) electrons. The number of pyridine rings is 2. The van der Waals surface area contributed by atoms with Gasteiger partial charge >= 0.3 is 0 Å². The minimum absolute atomic E-state index is 0.105. The van der Waals surface area contributed by atoms with E-state index in [9.17, 15) is 14.3 Å². The van der Waals surface area contributed by atoms with E-state index in [0.717, 1.165) is 6.20 Å². The van der Waals surface area contributed by atoms with Crippen LogP contribution in [0.25, 0.3) is 11.0 Å². The molecule has 0 saturated heterocycles. The van der Waals surface area contributed by atoms with Crippen molar-refractivity contribution in [2.75, 3.05) is 0 Å². The van der Waals surface area contributed by atoms with Crippen LogP contribution in [0.1, 0.15) is 11.7 Å². The van der Waals surface area contributed by atoms with Crippen LogP contribution in [-0.4, -0.2) is 14.7 Å². The Balaban J connectivity index is 2.59. The predicted octanol–water partition coefficient (Wildman–Crippen LogP) is 0.583. The van der Waals surface area contributed by atoms with E-state index in [4.69, 9.17) is 0 Å². The van der Waals surface area contributed by atoms with Crippen LogP contribution in [0.2, 0.25) is 0 Å². The minimum Gasteiger partial charge on any atom is -0.386 e. The van der Waals surface area contributed by atoms with Crippen LogP contribution in [0.3, 0.4) is 0 Å². The molecular weight excluding hydrogens is 199 g/mol. The number of rotatable bonds is 0. The van der Waals surface area contributed by atoms with Gasteiger partial charge in [0.2, 0.25) is 0 Å². The summed E-state index contributed by atoms with van der Waals surface area (Å²) >= 11 is 0. The van der Waals surface area contributed by atoms with Gasteiger partial charge in [0.1, 0.15) is 11.9 Å². The van der Waals surface area contributed by atoms with E-state index in [-0.39, 0.29) is 17.7 Å². The Morgan fingerprint density at radius 1 is 1.53 bits per heavy atom. The quantitative estimate of drug-likeness (QED) is 0.686. The Bertz CT molecular complexity index is 621. The van der Waals surface area contributed by atoms with Crippen LogP contribution in [0.4, 0.5) is 4.39 Å². The number of hydrogen-bond donors (Lipinski definition) is 1. The maximum atomic E-state index is 13.4. The molecular formula is C10H7FN2O2. The highest BCUT2D eigenvalue weighted by Gasteiger charge is 2.27. The molecule has 0 amide bonds. The molecule has 3 rings (SSSR count). The van der Waals surface area contributed by atoms with Gasteiger partial charge in [-0.1, -0.05) is 0 Å². The summed E-state index contributed by atoms with van der Waals surface area (Å²) in [5.41, 5.74) is 0.878. The molecule has 4 nitrogen and oxygen atoms in total. The molecule has 1 aliphatic rings. The van der Waals surface area contributed by atoms with Gasteiger partial charge in [0.15, 0.2) is 0 Å². The lowest BCUT2D eigenvalue weighted by Gasteiger charge is -2.02. The van der Waals surface area contributed by atoms with E-state index in [1.54, 1.807) is 0 Å². The summed E-state index contributed by atoms with van der Waals surface area (Å²) in [4.78, 5) is 15.3. The largest absolute Gasteiger partial charge is 0.386 e. The second-order valence-electron chi connectivity index (χ2n) is 3.55. The number of nitrogens with zero attached hydrogens (tertiary/aromatic N) is 2. The zero-order valence-electron chi connectivity index (χ0n) is 7.64. The molecule has 5 heteroatoms. The molecule has 76 valence electrons. The van der Waals surface area contributed by atoms with Gasteiger partial charge in [-0.15, -0.1) is 0 Å². The van der Waals surface area contributed by atoms with Crippen molar-refractivity contribution in [1.82, 2.24) is 9.55 Å². The molecule has 1 aliphatic heterocycles. The summed E-state index contributed by atoms with van der Waals surface area (Å²) < 4.78 is 14.8. The summed E-state index contributed by atoms with van der Waals surface area (Å²) in [6.07, 6.45) is 0.117. The third-order valence-corrected chi connectivity index (χ3v) is 2.68. The molecule has 0 saturated carbocycles. The molecule has 0 aliphatic carbocycles. The van der Waals surface area contributed by atoms with Crippen molar-refractivity contribution in [3.8, 4) is 0 Å². The summed E-state index contributed by atoms with van der Waals surface area (Å²) in [5.74, 6) is -0.563. The topological polar surface area (TPSA) is 55.1 Å². The lowest BCUT2D eigenvalue weighted by atomic mass is 10.1. The van der Waals surface area contributed by atoms with E-state index < -0.39 is 11.9 Å². The molecule has 1 atom stereocenters. The average Bonchev–Trinajstić information content (AvgIpc) is 2.56. The van der Waals surface area contributed by atoms with Crippen LogP contribution in [0.15, 0.2) is 23.1 Å². The number of aromatic nitrogens is 2. The smallest absolute Gasteiger partial charge is 0.251 e. The summed E-state index contributed by atoms with van der Waals surface area (Å²) in [7, 11) is 0. The third kappa shape index (κ3) is 0.979. The predicted molar refractivity (Wildman–Crippen MR) is 50.9 cm³/mol. The standard InChI is InChI=1S/C10H7FN2O2/c11-5-3-12-6-1-2-8(15)13-4-7(14)9(5)10(6)13/h1-3,7,14H,4H2. The van der Waals surface area contributed by atoms with Crippen molar-refractivity contribution >= 4 is 11.0 Å².